The number of benzene rings is 3. The van der Waals surface area contributed by atoms with E-state index in [1.165, 1.54) is 0 Å². The van der Waals surface area contributed by atoms with Gasteiger partial charge in [0.15, 0.2) is 5.58 Å². The lowest BCUT2D eigenvalue weighted by Gasteiger charge is -2.08. The Morgan fingerprint density at radius 3 is 2.48 bits per heavy atom. The summed E-state index contributed by atoms with van der Waals surface area (Å²) in [5.41, 5.74) is 3.13. The van der Waals surface area contributed by atoms with Crippen LogP contribution >= 0.6 is 0 Å². The molecule has 0 saturated heterocycles. The highest BCUT2D eigenvalue weighted by Gasteiger charge is 2.12. The van der Waals surface area contributed by atoms with Crippen LogP contribution in [0.3, 0.4) is 0 Å². The number of nitrogens with one attached hydrogen (secondary N) is 1. The molecular weight excluding hydrogens is 340 g/mol. The summed E-state index contributed by atoms with van der Waals surface area (Å²) >= 11 is 0. The Kier molecular flexibility index (Phi) is 4.83. The average molecular weight is 358 g/mol. The van der Waals surface area contributed by atoms with Gasteiger partial charge < -0.3 is 14.6 Å². The van der Waals surface area contributed by atoms with Crippen molar-refractivity contribution in [3.05, 3.63) is 90.1 Å². The maximum atomic E-state index is 12.3. The van der Waals surface area contributed by atoms with Crippen LogP contribution in [0, 0.1) is 0 Å². The van der Waals surface area contributed by atoms with Gasteiger partial charge in [-0.05, 0) is 42.0 Å². The number of amides is 1. The van der Waals surface area contributed by atoms with Gasteiger partial charge in [0, 0.05) is 11.1 Å². The highest BCUT2D eigenvalue weighted by Crippen LogP contribution is 2.20. The molecule has 134 valence electrons. The molecule has 5 heteroatoms. The number of hydrogen-bond acceptors (Lipinski definition) is 4. The molecule has 1 N–H and O–H groups in total. The molecule has 1 heterocycles. The van der Waals surface area contributed by atoms with Gasteiger partial charge in [0.25, 0.3) is 0 Å². The standard InChI is InChI=1S/C22H18N2O3/c25-22(14-20-19-8-4-5-9-21(19)27-24-20)23-17-10-12-18(13-11-17)26-15-16-6-2-1-3-7-16/h1-13H,14-15H2,(H,23,25). The molecule has 0 radical (unpaired) electrons. The summed E-state index contributed by atoms with van der Waals surface area (Å²) < 4.78 is 11.0. The first kappa shape index (κ1) is 16.8. The van der Waals surface area contributed by atoms with Crippen molar-refractivity contribution in [3.8, 4) is 5.75 Å². The van der Waals surface area contributed by atoms with E-state index < -0.39 is 0 Å². The van der Waals surface area contributed by atoms with Gasteiger partial charge in [-0.15, -0.1) is 0 Å². The van der Waals surface area contributed by atoms with E-state index in [9.17, 15) is 4.79 Å². The Labute approximate surface area is 156 Å². The van der Waals surface area contributed by atoms with Crippen molar-refractivity contribution in [2.75, 3.05) is 5.32 Å². The summed E-state index contributed by atoms with van der Waals surface area (Å²) in [6, 6.07) is 24.8. The molecule has 0 spiro atoms. The average Bonchev–Trinajstić information content (AvgIpc) is 3.11. The van der Waals surface area contributed by atoms with E-state index in [1.54, 1.807) is 0 Å². The summed E-state index contributed by atoms with van der Waals surface area (Å²) in [4.78, 5) is 12.3. The molecule has 0 saturated carbocycles. The highest BCUT2D eigenvalue weighted by molar-refractivity contribution is 5.94. The number of rotatable bonds is 6. The quantitative estimate of drug-likeness (QED) is 0.548. The van der Waals surface area contributed by atoms with Gasteiger partial charge >= 0.3 is 0 Å². The van der Waals surface area contributed by atoms with Crippen molar-refractivity contribution < 1.29 is 14.1 Å². The SMILES string of the molecule is O=C(Cc1noc2ccccc12)Nc1ccc(OCc2ccccc2)cc1. The topological polar surface area (TPSA) is 64.4 Å². The minimum atomic E-state index is -0.146. The Bertz CT molecular complexity index is 1040. The number of anilines is 1. The van der Waals surface area contributed by atoms with Crippen LogP contribution in [0.5, 0.6) is 5.75 Å². The molecule has 4 aromatic rings. The van der Waals surface area contributed by atoms with Crippen LogP contribution in [0.2, 0.25) is 0 Å². The Balaban J connectivity index is 1.34. The van der Waals surface area contributed by atoms with Crippen molar-refractivity contribution >= 4 is 22.6 Å². The van der Waals surface area contributed by atoms with Crippen LogP contribution in [0.25, 0.3) is 11.0 Å². The number of aromatic nitrogens is 1. The first-order valence-electron chi connectivity index (χ1n) is 8.68. The molecule has 0 aliphatic heterocycles. The lowest BCUT2D eigenvalue weighted by molar-refractivity contribution is -0.115. The largest absolute Gasteiger partial charge is 0.489 e. The van der Waals surface area contributed by atoms with Gasteiger partial charge in [-0.1, -0.05) is 47.6 Å². The zero-order valence-electron chi connectivity index (χ0n) is 14.6. The van der Waals surface area contributed by atoms with Crippen molar-refractivity contribution in [3.63, 3.8) is 0 Å². The van der Waals surface area contributed by atoms with E-state index in [0.717, 1.165) is 16.7 Å². The predicted molar refractivity (Wildman–Crippen MR) is 104 cm³/mol. The maximum Gasteiger partial charge on any atom is 0.230 e. The molecule has 0 bridgehead atoms. The first-order valence-corrected chi connectivity index (χ1v) is 8.68. The third-order valence-electron chi connectivity index (χ3n) is 4.17. The predicted octanol–water partition coefficient (Wildman–Crippen LogP) is 4.59. The monoisotopic (exact) mass is 358 g/mol. The van der Waals surface area contributed by atoms with E-state index in [1.807, 2.05) is 78.9 Å². The molecule has 5 nitrogen and oxygen atoms in total. The number of carbonyl (C=O) groups is 1. The van der Waals surface area contributed by atoms with Crippen molar-refractivity contribution in [1.82, 2.24) is 5.16 Å². The zero-order chi connectivity index (χ0) is 18.5. The Hall–Kier alpha value is -3.60. The molecule has 3 aromatic carbocycles. The number of fused-ring (bicyclic) bond motifs is 1. The van der Waals surface area contributed by atoms with E-state index in [4.69, 9.17) is 9.26 Å². The van der Waals surface area contributed by atoms with Gasteiger partial charge in [-0.25, -0.2) is 0 Å². The van der Waals surface area contributed by atoms with Crippen molar-refractivity contribution in [2.45, 2.75) is 13.0 Å². The molecular formula is C22H18N2O3. The molecule has 0 aliphatic rings. The zero-order valence-corrected chi connectivity index (χ0v) is 14.6. The maximum absolute atomic E-state index is 12.3. The van der Waals surface area contributed by atoms with Crippen molar-refractivity contribution in [2.24, 2.45) is 0 Å². The van der Waals surface area contributed by atoms with Crippen LogP contribution in [-0.4, -0.2) is 11.1 Å². The van der Waals surface area contributed by atoms with E-state index in [-0.39, 0.29) is 12.3 Å². The van der Waals surface area contributed by atoms with Crippen molar-refractivity contribution in [1.29, 1.82) is 0 Å². The molecule has 0 atom stereocenters. The second-order valence-corrected chi connectivity index (χ2v) is 6.15. The fraction of sp³-hybridized carbons (Fsp3) is 0.0909. The van der Waals surface area contributed by atoms with Crippen LogP contribution in [0.1, 0.15) is 11.3 Å². The van der Waals surface area contributed by atoms with Crippen LogP contribution in [0.15, 0.2) is 83.4 Å². The summed E-state index contributed by atoms with van der Waals surface area (Å²) in [6.07, 6.45) is 0.156. The minimum absolute atomic E-state index is 0.146. The van der Waals surface area contributed by atoms with E-state index in [0.29, 0.717) is 23.6 Å². The lowest BCUT2D eigenvalue weighted by atomic mass is 10.1. The molecule has 1 amide bonds. The third kappa shape index (κ3) is 4.15. The van der Waals surface area contributed by atoms with Gasteiger partial charge in [-0.2, -0.15) is 0 Å². The molecule has 27 heavy (non-hydrogen) atoms. The molecule has 0 aliphatic carbocycles. The Morgan fingerprint density at radius 2 is 1.67 bits per heavy atom. The third-order valence-corrected chi connectivity index (χ3v) is 4.17. The number of hydrogen-bond donors (Lipinski definition) is 1. The second-order valence-electron chi connectivity index (χ2n) is 6.15. The van der Waals surface area contributed by atoms with Crippen LogP contribution in [0.4, 0.5) is 5.69 Å². The fourth-order valence-corrected chi connectivity index (χ4v) is 2.80. The molecule has 0 unspecified atom stereocenters. The minimum Gasteiger partial charge on any atom is -0.489 e. The number of nitrogens with zero attached hydrogens (tertiary/aromatic N) is 1. The number of para-hydroxylation sites is 1. The number of carbonyl (C=O) groups excluding carboxylic acids is 1. The van der Waals surface area contributed by atoms with E-state index >= 15 is 0 Å². The Morgan fingerprint density at radius 1 is 0.926 bits per heavy atom. The smallest absolute Gasteiger partial charge is 0.230 e. The van der Waals surface area contributed by atoms with Gasteiger partial charge in [0.1, 0.15) is 18.1 Å². The van der Waals surface area contributed by atoms with Gasteiger partial charge in [0.2, 0.25) is 5.91 Å². The highest BCUT2D eigenvalue weighted by atomic mass is 16.5. The molecule has 0 fully saturated rings. The summed E-state index contributed by atoms with van der Waals surface area (Å²) in [5, 5.41) is 7.72. The summed E-state index contributed by atoms with van der Waals surface area (Å²) in [6.45, 7) is 0.506. The number of ether oxygens (including phenoxy) is 1. The molecule has 1 aromatic heterocycles. The van der Waals surface area contributed by atoms with Gasteiger partial charge in [0.05, 0.1) is 6.42 Å². The fourth-order valence-electron chi connectivity index (χ4n) is 2.80. The van der Waals surface area contributed by atoms with Crippen LogP contribution in [-0.2, 0) is 17.8 Å². The molecule has 4 rings (SSSR count). The first-order chi connectivity index (χ1) is 13.3. The van der Waals surface area contributed by atoms with Gasteiger partial charge in [-0.3, -0.25) is 4.79 Å². The summed E-state index contributed by atoms with van der Waals surface area (Å²) in [5.74, 6) is 0.603. The second kappa shape index (κ2) is 7.74. The van der Waals surface area contributed by atoms with Crippen LogP contribution < -0.4 is 10.1 Å². The normalized spacial score (nSPS) is 10.7. The van der Waals surface area contributed by atoms with E-state index in [2.05, 4.69) is 10.5 Å². The summed E-state index contributed by atoms with van der Waals surface area (Å²) in [7, 11) is 0. The lowest BCUT2D eigenvalue weighted by Crippen LogP contribution is -2.14.